The highest BCUT2D eigenvalue weighted by Gasteiger charge is 2.19. The zero-order chi connectivity index (χ0) is 18.4. The number of aryl methyl sites for hydroxylation is 1. The summed E-state index contributed by atoms with van der Waals surface area (Å²) in [5.41, 5.74) is 0.907. The summed E-state index contributed by atoms with van der Waals surface area (Å²) in [5.74, 6) is 0.177. The van der Waals surface area contributed by atoms with E-state index in [0.29, 0.717) is 29.4 Å². The van der Waals surface area contributed by atoms with Crippen molar-refractivity contribution in [2.45, 2.75) is 20.0 Å². The number of ether oxygens (including phenoxy) is 3. The van der Waals surface area contributed by atoms with Crippen molar-refractivity contribution in [3.8, 4) is 17.2 Å². The number of ketones is 1. The predicted molar refractivity (Wildman–Crippen MR) is 90.2 cm³/mol. The number of aromatic nitrogens is 2. The molecule has 1 amide bonds. The van der Waals surface area contributed by atoms with Crippen LogP contribution in [0.3, 0.4) is 0 Å². The smallest absolute Gasteiger partial charge is 0.292 e. The fourth-order valence-electron chi connectivity index (χ4n) is 2.27. The molecule has 0 aliphatic carbocycles. The molecule has 2 rings (SSSR count). The minimum absolute atomic E-state index is 0.107. The zero-order valence-electron chi connectivity index (χ0n) is 14.7. The molecule has 134 valence electrons. The van der Waals surface area contributed by atoms with Gasteiger partial charge in [0.05, 0.1) is 33.1 Å². The lowest BCUT2D eigenvalue weighted by Gasteiger charge is -2.14. The summed E-state index contributed by atoms with van der Waals surface area (Å²) in [7, 11) is 4.55. The SMILES string of the molecule is CCn1cc(C(=O)C(=O)NCc2cc(OC)c(OC)cc2OC)cn1. The Bertz CT molecular complexity index is 770. The van der Waals surface area contributed by atoms with E-state index in [0.717, 1.165) is 0 Å². The number of amides is 1. The van der Waals surface area contributed by atoms with E-state index < -0.39 is 11.7 Å². The van der Waals surface area contributed by atoms with Crippen molar-refractivity contribution < 1.29 is 23.8 Å². The van der Waals surface area contributed by atoms with Crippen molar-refractivity contribution in [2.75, 3.05) is 21.3 Å². The van der Waals surface area contributed by atoms with Crippen LogP contribution in [0.1, 0.15) is 22.8 Å². The molecular formula is C17H21N3O5. The fraction of sp³-hybridized carbons (Fsp3) is 0.353. The number of rotatable bonds is 8. The maximum Gasteiger partial charge on any atom is 0.292 e. The standard InChI is InChI=1S/C17H21N3O5/c1-5-20-10-12(9-19-20)16(21)17(22)18-8-11-6-14(24-3)15(25-4)7-13(11)23-2/h6-7,9-10H,5,8H2,1-4H3,(H,18,22). The molecule has 8 nitrogen and oxygen atoms in total. The van der Waals surface area contributed by atoms with Crippen LogP contribution in [0.25, 0.3) is 0 Å². The van der Waals surface area contributed by atoms with E-state index >= 15 is 0 Å². The van der Waals surface area contributed by atoms with Crippen LogP contribution >= 0.6 is 0 Å². The van der Waals surface area contributed by atoms with Crippen molar-refractivity contribution in [3.63, 3.8) is 0 Å². The number of benzene rings is 1. The number of nitrogens with zero attached hydrogens (tertiary/aromatic N) is 2. The van der Waals surface area contributed by atoms with E-state index in [-0.39, 0.29) is 12.1 Å². The fourth-order valence-corrected chi connectivity index (χ4v) is 2.27. The van der Waals surface area contributed by atoms with Crippen LogP contribution in [0.5, 0.6) is 17.2 Å². The van der Waals surface area contributed by atoms with Crippen LogP contribution in [0.2, 0.25) is 0 Å². The zero-order valence-corrected chi connectivity index (χ0v) is 14.7. The second-order valence-corrected chi connectivity index (χ2v) is 5.12. The average molecular weight is 347 g/mol. The first-order chi connectivity index (χ1) is 12.0. The Labute approximate surface area is 145 Å². The molecule has 0 radical (unpaired) electrons. The molecular weight excluding hydrogens is 326 g/mol. The summed E-state index contributed by atoms with van der Waals surface area (Å²) in [5, 5.41) is 6.58. The highest BCUT2D eigenvalue weighted by Crippen LogP contribution is 2.34. The average Bonchev–Trinajstić information content (AvgIpc) is 3.13. The highest BCUT2D eigenvalue weighted by molar-refractivity contribution is 6.42. The van der Waals surface area contributed by atoms with Crippen molar-refractivity contribution in [2.24, 2.45) is 0 Å². The lowest BCUT2D eigenvalue weighted by Crippen LogP contribution is -2.30. The third kappa shape index (κ3) is 4.09. The third-order valence-corrected chi connectivity index (χ3v) is 3.65. The van der Waals surface area contributed by atoms with Crippen LogP contribution in [0.4, 0.5) is 0 Å². The van der Waals surface area contributed by atoms with Gasteiger partial charge < -0.3 is 19.5 Å². The van der Waals surface area contributed by atoms with Gasteiger partial charge in [-0.3, -0.25) is 14.3 Å². The lowest BCUT2D eigenvalue weighted by molar-refractivity contribution is -0.117. The summed E-state index contributed by atoms with van der Waals surface area (Å²) in [6.45, 7) is 2.62. The largest absolute Gasteiger partial charge is 0.496 e. The Morgan fingerprint density at radius 1 is 1.08 bits per heavy atom. The summed E-state index contributed by atoms with van der Waals surface area (Å²) in [4.78, 5) is 24.2. The van der Waals surface area contributed by atoms with E-state index in [1.807, 2.05) is 6.92 Å². The Morgan fingerprint density at radius 3 is 2.28 bits per heavy atom. The Hall–Kier alpha value is -3.03. The van der Waals surface area contributed by atoms with Gasteiger partial charge in [0.15, 0.2) is 11.5 Å². The van der Waals surface area contributed by atoms with Crippen molar-refractivity contribution in [1.29, 1.82) is 0 Å². The summed E-state index contributed by atoms with van der Waals surface area (Å²) >= 11 is 0. The number of hydrogen-bond acceptors (Lipinski definition) is 6. The van der Waals surface area contributed by atoms with Crippen molar-refractivity contribution in [3.05, 3.63) is 35.7 Å². The summed E-state index contributed by atoms with van der Waals surface area (Å²) < 4.78 is 17.3. The van der Waals surface area contributed by atoms with Crippen LogP contribution < -0.4 is 19.5 Å². The minimum Gasteiger partial charge on any atom is -0.496 e. The molecule has 0 saturated heterocycles. The molecule has 0 fully saturated rings. The number of methoxy groups -OCH3 is 3. The Kier molecular flexibility index (Phi) is 5.99. The molecule has 0 spiro atoms. The summed E-state index contributed by atoms with van der Waals surface area (Å²) in [6, 6.07) is 3.35. The van der Waals surface area contributed by atoms with Crippen LogP contribution in [-0.2, 0) is 17.9 Å². The third-order valence-electron chi connectivity index (χ3n) is 3.65. The molecule has 0 aliphatic rings. The van der Waals surface area contributed by atoms with Gasteiger partial charge in [0.25, 0.3) is 11.7 Å². The molecule has 8 heteroatoms. The van der Waals surface area contributed by atoms with E-state index in [4.69, 9.17) is 14.2 Å². The van der Waals surface area contributed by atoms with Gasteiger partial charge in [-0.05, 0) is 13.0 Å². The Balaban J connectivity index is 2.11. The molecule has 0 atom stereocenters. The number of Topliss-reactive ketones (excluding diaryl/α,β-unsaturated/α-hetero) is 1. The number of carbonyl (C=O) groups excluding carboxylic acids is 2. The number of carbonyl (C=O) groups is 2. The molecule has 0 aliphatic heterocycles. The van der Waals surface area contributed by atoms with E-state index in [1.165, 1.54) is 27.5 Å². The first-order valence-corrected chi connectivity index (χ1v) is 7.67. The van der Waals surface area contributed by atoms with Crippen LogP contribution in [0.15, 0.2) is 24.5 Å². The predicted octanol–water partition coefficient (Wildman–Crippen LogP) is 1.43. The lowest BCUT2D eigenvalue weighted by atomic mass is 10.1. The van der Waals surface area contributed by atoms with Gasteiger partial charge in [0, 0.05) is 30.9 Å². The molecule has 1 aromatic heterocycles. The van der Waals surface area contributed by atoms with Crippen LogP contribution in [-0.4, -0.2) is 42.8 Å². The minimum atomic E-state index is -0.715. The van der Waals surface area contributed by atoms with E-state index in [2.05, 4.69) is 10.4 Å². The van der Waals surface area contributed by atoms with Gasteiger partial charge >= 0.3 is 0 Å². The van der Waals surface area contributed by atoms with Gasteiger partial charge in [-0.2, -0.15) is 5.10 Å². The van der Waals surface area contributed by atoms with Gasteiger partial charge in [0.1, 0.15) is 5.75 Å². The molecule has 0 saturated carbocycles. The second-order valence-electron chi connectivity index (χ2n) is 5.12. The van der Waals surface area contributed by atoms with Crippen molar-refractivity contribution in [1.82, 2.24) is 15.1 Å². The van der Waals surface area contributed by atoms with Crippen LogP contribution in [0, 0.1) is 0 Å². The number of hydrogen-bond donors (Lipinski definition) is 1. The topological polar surface area (TPSA) is 91.7 Å². The summed E-state index contributed by atoms with van der Waals surface area (Å²) in [6.07, 6.45) is 2.92. The van der Waals surface area contributed by atoms with E-state index in [9.17, 15) is 9.59 Å². The maximum atomic E-state index is 12.1. The Morgan fingerprint density at radius 2 is 1.72 bits per heavy atom. The quantitative estimate of drug-likeness (QED) is 0.574. The van der Waals surface area contributed by atoms with E-state index in [1.54, 1.807) is 23.0 Å². The maximum absolute atomic E-state index is 12.1. The number of nitrogens with one attached hydrogen (secondary N) is 1. The van der Waals surface area contributed by atoms with Gasteiger partial charge in [0.2, 0.25) is 0 Å². The molecule has 2 aromatic rings. The van der Waals surface area contributed by atoms with Gasteiger partial charge in [-0.15, -0.1) is 0 Å². The molecule has 1 N–H and O–H groups in total. The van der Waals surface area contributed by atoms with Gasteiger partial charge in [-0.25, -0.2) is 0 Å². The monoisotopic (exact) mass is 347 g/mol. The second kappa shape index (κ2) is 8.18. The molecule has 1 heterocycles. The highest BCUT2D eigenvalue weighted by atomic mass is 16.5. The van der Waals surface area contributed by atoms with Gasteiger partial charge in [-0.1, -0.05) is 0 Å². The first kappa shape index (κ1) is 18.3. The first-order valence-electron chi connectivity index (χ1n) is 7.67. The molecule has 25 heavy (non-hydrogen) atoms. The molecule has 0 unspecified atom stereocenters. The molecule has 1 aromatic carbocycles. The molecule has 0 bridgehead atoms. The normalized spacial score (nSPS) is 10.2. The van der Waals surface area contributed by atoms with Crippen molar-refractivity contribution >= 4 is 11.7 Å².